The van der Waals surface area contributed by atoms with Crippen LogP contribution in [-0.2, 0) is 0 Å². The summed E-state index contributed by atoms with van der Waals surface area (Å²) >= 11 is 0. The molecule has 6 aromatic carbocycles. The van der Waals surface area contributed by atoms with Gasteiger partial charge >= 0.3 is 0 Å². The third-order valence-electron chi connectivity index (χ3n) is 9.13. The number of rotatable bonds is 5. The minimum atomic E-state index is 1.12. The molecule has 48 heavy (non-hydrogen) atoms. The molecule has 3 aromatic heterocycles. The second-order valence-electron chi connectivity index (χ2n) is 11.7. The third kappa shape index (κ3) is 5.16. The van der Waals surface area contributed by atoms with Crippen LogP contribution in [0.2, 0.25) is 0 Å². The van der Waals surface area contributed by atoms with E-state index in [1.54, 1.807) is 0 Å². The Kier molecular flexibility index (Phi) is 7.64. The number of hydrogen-bond acceptors (Lipinski definition) is 3. The van der Waals surface area contributed by atoms with Crippen molar-refractivity contribution in [3.63, 3.8) is 0 Å². The van der Waals surface area contributed by atoms with Gasteiger partial charge < -0.3 is 0 Å². The summed E-state index contributed by atoms with van der Waals surface area (Å²) in [5.41, 5.74) is 11.8. The van der Waals surface area contributed by atoms with Gasteiger partial charge in [-0.05, 0) is 136 Å². The van der Waals surface area contributed by atoms with Crippen LogP contribution in [0, 0.1) is 0 Å². The van der Waals surface area contributed by atoms with Gasteiger partial charge in [-0.15, -0.1) is 0 Å². The van der Waals surface area contributed by atoms with E-state index in [1.165, 1.54) is 60.1 Å². The first-order valence-electron chi connectivity index (χ1n) is 16.5. The Morgan fingerprint density at radius 3 is 1.31 bits per heavy atom. The highest BCUT2D eigenvalue weighted by Crippen LogP contribution is 2.43. The van der Waals surface area contributed by atoms with Crippen LogP contribution in [0.25, 0.3) is 88.0 Å². The van der Waals surface area contributed by atoms with Gasteiger partial charge in [-0.3, -0.25) is 15.0 Å². The summed E-state index contributed by atoms with van der Waals surface area (Å²) in [6.07, 6.45) is 11.1. The van der Waals surface area contributed by atoms with E-state index in [-0.39, 0.29) is 0 Å². The topological polar surface area (TPSA) is 38.7 Å². The van der Waals surface area contributed by atoms with Gasteiger partial charge in [-0.2, -0.15) is 0 Å². The molecule has 9 rings (SSSR count). The van der Waals surface area contributed by atoms with Gasteiger partial charge in [0.2, 0.25) is 0 Å². The molecule has 0 fully saturated rings. The molecule has 0 saturated heterocycles. The van der Waals surface area contributed by atoms with E-state index >= 15 is 0 Å². The average molecular weight is 616 g/mol. The molecule has 0 aliphatic heterocycles. The number of benzene rings is 6. The van der Waals surface area contributed by atoms with Crippen molar-refractivity contribution in [3.05, 3.63) is 165 Å². The van der Waals surface area contributed by atoms with Gasteiger partial charge in [0.05, 0.1) is 0 Å². The molecule has 3 heteroatoms. The Morgan fingerprint density at radius 1 is 0.333 bits per heavy atom. The molecule has 0 radical (unpaired) electrons. The van der Waals surface area contributed by atoms with Crippen molar-refractivity contribution < 1.29 is 0 Å². The maximum atomic E-state index is 4.29. The second kappa shape index (κ2) is 12.5. The number of hydrogen-bond donors (Lipinski definition) is 0. The number of pyridine rings is 3. The van der Waals surface area contributed by atoms with Crippen molar-refractivity contribution in [1.29, 1.82) is 0 Å². The first-order valence-corrected chi connectivity index (χ1v) is 16.5. The van der Waals surface area contributed by atoms with Gasteiger partial charge in [0.25, 0.3) is 0 Å². The Bertz CT molecular complexity index is 2430. The van der Waals surface area contributed by atoms with E-state index in [9.17, 15) is 0 Å². The minimum Gasteiger partial charge on any atom is -0.265 e. The molecule has 228 valence electrons. The van der Waals surface area contributed by atoms with E-state index in [0.717, 1.165) is 27.8 Å². The standard InChI is InChI=1S/C43H27N3.C2H6/c1-2-34(27-46-19-1)28-3-5-31(6-4-28)38-11-9-32-7-8-33-10-12-39(41-14-13-40(38)42(32)43(33)41)37-25-35(29-15-20-44-21-16-29)24-36(26-37)30-17-22-45-23-18-30;1-2/h1-27H;1-2H3. The minimum absolute atomic E-state index is 1.12. The lowest BCUT2D eigenvalue weighted by Gasteiger charge is -2.18. The summed E-state index contributed by atoms with van der Waals surface area (Å²) in [5, 5.41) is 7.65. The lowest BCUT2D eigenvalue weighted by molar-refractivity contribution is 1.33. The maximum absolute atomic E-state index is 4.29. The quantitative estimate of drug-likeness (QED) is 0.181. The smallest absolute Gasteiger partial charge is 0.0346 e. The van der Waals surface area contributed by atoms with Crippen molar-refractivity contribution in [1.82, 2.24) is 15.0 Å². The van der Waals surface area contributed by atoms with Crippen molar-refractivity contribution in [3.8, 4) is 55.6 Å². The third-order valence-corrected chi connectivity index (χ3v) is 9.13. The fourth-order valence-corrected chi connectivity index (χ4v) is 6.89. The second-order valence-corrected chi connectivity index (χ2v) is 11.7. The molecule has 0 spiro atoms. The molecule has 0 N–H and O–H groups in total. The van der Waals surface area contributed by atoms with Crippen LogP contribution < -0.4 is 0 Å². The summed E-state index contributed by atoms with van der Waals surface area (Å²) in [6.45, 7) is 4.00. The molecule has 3 heterocycles. The zero-order chi connectivity index (χ0) is 32.5. The summed E-state index contributed by atoms with van der Waals surface area (Å²) in [6, 6.07) is 46.3. The Hall–Kier alpha value is -6.19. The molecular weight excluding hydrogens is 583 g/mol. The lowest BCUT2D eigenvalue weighted by atomic mass is 9.86. The molecule has 0 saturated carbocycles. The number of nitrogens with zero attached hydrogens (tertiary/aromatic N) is 3. The predicted molar refractivity (Wildman–Crippen MR) is 202 cm³/mol. The zero-order valence-electron chi connectivity index (χ0n) is 26.9. The largest absolute Gasteiger partial charge is 0.265 e. The average Bonchev–Trinajstić information content (AvgIpc) is 3.18. The first kappa shape index (κ1) is 29.2. The van der Waals surface area contributed by atoms with E-state index in [2.05, 4.69) is 136 Å². The molecule has 0 atom stereocenters. The van der Waals surface area contributed by atoms with Gasteiger partial charge in [0.1, 0.15) is 0 Å². The van der Waals surface area contributed by atoms with Crippen molar-refractivity contribution in [2.45, 2.75) is 13.8 Å². The SMILES string of the molecule is CC.c1cncc(-c2ccc(-c3ccc4ccc5ccc(-c6cc(-c7ccncc7)cc(-c7ccncc7)c6)c6ccc3c4c56)cc2)c1. The molecule has 3 nitrogen and oxygen atoms in total. The number of aromatic nitrogens is 3. The maximum Gasteiger partial charge on any atom is 0.0346 e. The summed E-state index contributed by atoms with van der Waals surface area (Å²) in [4.78, 5) is 12.8. The van der Waals surface area contributed by atoms with Crippen molar-refractivity contribution in [2.24, 2.45) is 0 Å². The molecule has 9 aromatic rings. The van der Waals surface area contributed by atoms with Gasteiger partial charge in [0.15, 0.2) is 0 Å². The van der Waals surface area contributed by atoms with Crippen LogP contribution in [0.5, 0.6) is 0 Å². The highest BCUT2D eigenvalue weighted by atomic mass is 14.6. The highest BCUT2D eigenvalue weighted by Gasteiger charge is 2.16. The van der Waals surface area contributed by atoms with E-state index in [1.807, 2.05) is 57.1 Å². The Balaban J connectivity index is 0.00000165. The lowest BCUT2D eigenvalue weighted by Crippen LogP contribution is -1.91. The monoisotopic (exact) mass is 615 g/mol. The first-order chi connectivity index (χ1) is 23.8. The summed E-state index contributed by atoms with van der Waals surface area (Å²) in [5.74, 6) is 0. The Morgan fingerprint density at radius 2 is 0.792 bits per heavy atom. The normalized spacial score (nSPS) is 11.1. The van der Waals surface area contributed by atoms with Crippen LogP contribution in [0.1, 0.15) is 13.8 Å². The van der Waals surface area contributed by atoms with Crippen molar-refractivity contribution in [2.75, 3.05) is 0 Å². The molecule has 0 aliphatic rings. The Labute approximate surface area is 280 Å². The molecule has 0 unspecified atom stereocenters. The van der Waals surface area contributed by atoms with E-state index < -0.39 is 0 Å². The zero-order valence-corrected chi connectivity index (χ0v) is 26.9. The van der Waals surface area contributed by atoms with E-state index in [0.29, 0.717) is 0 Å². The molecule has 0 amide bonds. The van der Waals surface area contributed by atoms with Gasteiger partial charge in [-0.25, -0.2) is 0 Å². The summed E-state index contributed by atoms with van der Waals surface area (Å²) in [7, 11) is 0. The molecular formula is C45H33N3. The molecule has 0 bridgehead atoms. The van der Waals surface area contributed by atoms with E-state index in [4.69, 9.17) is 0 Å². The fourth-order valence-electron chi connectivity index (χ4n) is 6.89. The van der Waals surface area contributed by atoms with Crippen molar-refractivity contribution >= 4 is 32.3 Å². The van der Waals surface area contributed by atoms with Crippen LogP contribution in [0.4, 0.5) is 0 Å². The van der Waals surface area contributed by atoms with Crippen LogP contribution in [0.3, 0.4) is 0 Å². The van der Waals surface area contributed by atoms with Gasteiger partial charge in [0, 0.05) is 37.2 Å². The van der Waals surface area contributed by atoms with Crippen LogP contribution in [0.15, 0.2) is 165 Å². The fraction of sp³-hybridized carbons (Fsp3) is 0.0444. The summed E-state index contributed by atoms with van der Waals surface area (Å²) < 4.78 is 0. The van der Waals surface area contributed by atoms with Gasteiger partial charge in [-0.1, -0.05) is 92.7 Å². The molecule has 0 aliphatic carbocycles. The van der Waals surface area contributed by atoms with Crippen LogP contribution >= 0.6 is 0 Å². The van der Waals surface area contributed by atoms with Crippen LogP contribution in [-0.4, -0.2) is 15.0 Å². The highest BCUT2D eigenvalue weighted by molar-refractivity contribution is 6.27. The predicted octanol–water partition coefficient (Wildman–Crippen LogP) is 12.1.